The van der Waals surface area contributed by atoms with Gasteiger partial charge < -0.3 is 9.67 Å². The second-order valence-corrected chi connectivity index (χ2v) is 6.85. The van der Waals surface area contributed by atoms with E-state index in [-0.39, 0.29) is 20.6 Å². The summed E-state index contributed by atoms with van der Waals surface area (Å²) in [5.41, 5.74) is 0.205. The minimum atomic E-state index is -1.23. The molecule has 26 heavy (non-hydrogen) atoms. The molecule has 9 heteroatoms. The molecule has 0 aliphatic rings. The number of hydrogen-bond donors (Lipinski definition) is 1. The van der Waals surface area contributed by atoms with Gasteiger partial charge in [-0.25, -0.2) is 13.6 Å². The average molecular weight is 397 g/mol. The zero-order valence-electron chi connectivity index (χ0n) is 13.2. The Hall–Kier alpha value is -2.58. The molecule has 5 nitrogen and oxygen atoms in total. The molecule has 0 aliphatic carbocycles. The highest BCUT2D eigenvalue weighted by Crippen LogP contribution is 2.25. The van der Waals surface area contributed by atoms with Crippen LogP contribution in [0.15, 0.2) is 41.4 Å². The Morgan fingerprint density at radius 1 is 1.27 bits per heavy atom. The van der Waals surface area contributed by atoms with E-state index in [1.165, 1.54) is 19.1 Å². The Morgan fingerprint density at radius 2 is 2.00 bits per heavy atom. The lowest BCUT2D eigenvalue weighted by molar-refractivity contribution is -0.140. The van der Waals surface area contributed by atoms with Crippen LogP contribution in [0.4, 0.5) is 8.78 Å². The predicted molar refractivity (Wildman–Crippen MR) is 93.4 cm³/mol. The molecule has 0 saturated carbocycles. The Labute approximate surface area is 154 Å². The summed E-state index contributed by atoms with van der Waals surface area (Å²) in [5.74, 6) is -3.61. The molecular formula is C17H11ClF2N2O3S. The number of carbonyl (C=O) groups is 2. The Morgan fingerprint density at radius 3 is 2.65 bits per heavy atom. The van der Waals surface area contributed by atoms with E-state index in [1.807, 2.05) is 0 Å². The van der Waals surface area contributed by atoms with Gasteiger partial charge in [-0.3, -0.25) is 4.79 Å². The van der Waals surface area contributed by atoms with E-state index in [0.29, 0.717) is 11.1 Å². The fraction of sp³-hybridized carbons (Fsp3) is 0.118. The molecule has 134 valence electrons. The minimum Gasteiger partial charge on any atom is -0.480 e. The molecule has 2 aromatic carbocycles. The average Bonchev–Trinajstić information content (AvgIpc) is 2.92. The van der Waals surface area contributed by atoms with Gasteiger partial charge in [-0.15, -0.1) is 0 Å². The second-order valence-electron chi connectivity index (χ2n) is 5.43. The maximum Gasteiger partial charge on any atom is 0.326 e. The van der Waals surface area contributed by atoms with Crippen molar-refractivity contribution in [3.63, 3.8) is 0 Å². The van der Waals surface area contributed by atoms with Gasteiger partial charge >= 0.3 is 5.97 Å². The van der Waals surface area contributed by atoms with Crippen LogP contribution in [0.3, 0.4) is 0 Å². The molecule has 0 radical (unpaired) electrons. The number of carboxylic acids is 1. The van der Waals surface area contributed by atoms with Crippen LogP contribution in [-0.4, -0.2) is 21.6 Å². The van der Waals surface area contributed by atoms with Crippen LogP contribution < -0.4 is 4.80 Å². The van der Waals surface area contributed by atoms with Gasteiger partial charge in [0.25, 0.3) is 5.91 Å². The van der Waals surface area contributed by atoms with Crippen LogP contribution >= 0.6 is 22.9 Å². The first-order valence-electron chi connectivity index (χ1n) is 7.35. The van der Waals surface area contributed by atoms with Crippen molar-refractivity contribution in [2.45, 2.75) is 13.0 Å². The molecule has 1 N–H and O–H groups in total. The van der Waals surface area contributed by atoms with Gasteiger partial charge in [-0.2, -0.15) is 4.99 Å². The van der Waals surface area contributed by atoms with Gasteiger partial charge in [0.15, 0.2) is 4.80 Å². The van der Waals surface area contributed by atoms with E-state index in [2.05, 4.69) is 4.99 Å². The number of carbonyl (C=O) groups excluding carboxylic acids is 1. The van der Waals surface area contributed by atoms with Crippen molar-refractivity contribution in [1.29, 1.82) is 0 Å². The first-order valence-corrected chi connectivity index (χ1v) is 8.55. The van der Waals surface area contributed by atoms with Crippen LogP contribution in [0.2, 0.25) is 5.02 Å². The first kappa shape index (κ1) is 18.2. The third kappa shape index (κ3) is 3.38. The summed E-state index contributed by atoms with van der Waals surface area (Å²) in [4.78, 5) is 27.7. The van der Waals surface area contributed by atoms with Gasteiger partial charge in [0.1, 0.15) is 17.7 Å². The molecule has 3 aromatic rings. The molecule has 0 bridgehead atoms. The summed E-state index contributed by atoms with van der Waals surface area (Å²) in [7, 11) is 0. The molecule has 1 atom stereocenters. The van der Waals surface area contributed by atoms with E-state index in [9.17, 15) is 23.5 Å². The van der Waals surface area contributed by atoms with Crippen LogP contribution in [-0.2, 0) is 4.79 Å². The summed E-state index contributed by atoms with van der Waals surface area (Å²) < 4.78 is 28.8. The van der Waals surface area contributed by atoms with Gasteiger partial charge in [-0.05, 0) is 31.2 Å². The number of thiazole rings is 1. The molecule has 3 rings (SSSR count). The Balaban J connectivity index is 2.28. The van der Waals surface area contributed by atoms with Crippen molar-refractivity contribution in [1.82, 2.24) is 4.57 Å². The first-order chi connectivity index (χ1) is 12.3. The number of aromatic nitrogens is 1. The molecule has 0 spiro atoms. The summed E-state index contributed by atoms with van der Waals surface area (Å²) >= 11 is 6.62. The fourth-order valence-electron chi connectivity index (χ4n) is 2.40. The molecule has 0 saturated heterocycles. The predicted octanol–water partition coefficient (Wildman–Crippen LogP) is 4.02. The SMILES string of the molecule is CC(C(=O)O)n1c(=NC(=O)c2cccc(Cl)c2)sc2c(F)cc(F)cc21. The van der Waals surface area contributed by atoms with E-state index in [4.69, 9.17) is 11.6 Å². The highest BCUT2D eigenvalue weighted by Gasteiger charge is 2.21. The number of rotatable bonds is 3. The van der Waals surface area contributed by atoms with Gasteiger partial charge in [-0.1, -0.05) is 29.0 Å². The van der Waals surface area contributed by atoms with Gasteiger partial charge in [0.05, 0.1) is 10.2 Å². The molecule has 1 unspecified atom stereocenters. The smallest absolute Gasteiger partial charge is 0.326 e. The maximum atomic E-state index is 14.1. The Kier molecular flexibility index (Phi) is 4.88. The Bertz CT molecular complexity index is 1110. The van der Waals surface area contributed by atoms with Crippen LogP contribution in [0.5, 0.6) is 0 Å². The zero-order chi connectivity index (χ0) is 19.0. The summed E-state index contributed by atoms with van der Waals surface area (Å²) in [6.45, 7) is 1.33. The fourth-order valence-corrected chi connectivity index (χ4v) is 3.68. The molecule has 0 fully saturated rings. The number of halogens is 3. The van der Waals surface area contributed by atoms with E-state index >= 15 is 0 Å². The minimum absolute atomic E-state index is 0.0112. The molecule has 1 amide bonds. The standard InChI is InChI=1S/C17H11ClF2N2O3S/c1-8(16(24)25)22-13-7-11(19)6-12(20)14(13)26-17(22)21-15(23)9-3-2-4-10(18)5-9/h2-8H,1H3,(H,24,25). The number of hydrogen-bond acceptors (Lipinski definition) is 3. The van der Waals surface area contributed by atoms with E-state index in [0.717, 1.165) is 22.0 Å². The number of fused-ring (bicyclic) bond motifs is 1. The maximum absolute atomic E-state index is 14.1. The van der Waals surface area contributed by atoms with Crippen molar-refractivity contribution in [2.75, 3.05) is 0 Å². The van der Waals surface area contributed by atoms with E-state index < -0.39 is 29.6 Å². The summed E-state index contributed by atoms with van der Waals surface area (Å²) in [6, 6.07) is 6.58. The van der Waals surface area contributed by atoms with Gasteiger partial charge in [0.2, 0.25) is 0 Å². The quantitative estimate of drug-likeness (QED) is 0.726. The number of amides is 1. The topological polar surface area (TPSA) is 71.7 Å². The molecule has 0 aliphatic heterocycles. The normalized spacial score (nSPS) is 13.2. The van der Waals surface area contributed by atoms with Crippen molar-refractivity contribution < 1.29 is 23.5 Å². The van der Waals surface area contributed by atoms with E-state index in [1.54, 1.807) is 12.1 Å². The lowest BCUT2D eigenvalue weighted by atomic mass is 10.2. The van der Waals surface area contributed by atoms with Crippen molar-refractivity contribution in [3.05, 3.63) is 63.4 Å². The highest BCUT2D eigenvalue weighted by molar-refractivity contribution is 7.16. The largest absolute Gasteiger partial charge is 0.480 e. The second kappa shape index (κ2) is 6.97. The van der Waals surface area contributed by atoms with Crippen molar-refractivity contribution in [2.24, 2.45) is 4.99 Å². The third-order valence-electron chi connectivity index (χ3n) is 3.66. The monoisotopic (exact) mass is 396 g/mol. The molecule has 1 heterocycles. The van der Waals surface area contributed by atoms with Crippen molar-refractivity contribution in [3.8, 4) is 0 Å². The highest BCUT2D eigenvalue weighted by atomic mass is 35.5. The van der Waals surface area contributed by atoms with Crippen LogP contribution in [0.1, 0.15) is 23.3 Å². The number of nitrogens with zero attached hydrogens (tertiary/aromatic N) is 2. The zero-order valence-corrected chi connectivity index (χ0v) is 14.8. The lowest BCUT2D eigenvalue weighted by Crippen LogP contribution is -2.25. The van der Waals surface area contributed by atoms with Crippen LogP contribution in [0, 0.1) is 11.6 Å². The van der Waals surface area contributed by atoms with Crippen molar-refractivity contribution >= 4 is 45.0 Å². The number of carboxylic acid groups (broad SMARTS) is 1. The van der Waals surface area contributed by atoms with Gasteiger partial charge in [0, 0.05) is 16.7 Å². The summed E-state index contributed by atoms with van der Waals surface area (Å²) in [6.07, 6.45) is 0. The molecular weight excluding hydrogens is 386 g/mol. The molecule has 1 aromatic heterocycles. The lowest BCUT2D eigenvalue weighted by Gasteiger charge is -2.10. The number of benzene rings is 2. The van der Waals surface area contributed by atoms with Crippen LogP contribution in [0.25, 0.3) is 10.2 Å². The number of aliphatic carboxylic acids is 1. The third-order valence-corrected chi connectivity index (χ3v) is 4.98. The summed E-state index contributed by atoms with van der Waals surface area (Å²) in [5, 5.41) is 9.65.